The molecule has 6 heteroatoms. The van der Waals surface area contributed by atoms with Gasteiger partial charge < -0.3 is 21.5 Å². The van der Waals surface area contributed by atoms with Crippen molar-refractivity contribution >= 4 is 0 Å². The van der Waals surface area contributed by atoms with Gasteiger partial charge in [0, 0.05) is 27.8 Å². The van der Waals surface area contributed by atoms with Crippen LogP contribution in [0.15, 0.2) is 0 Å². The van der Waals surface area contributed by atoms with E-state index in [4.69, 9.17) is 5.11 Å². The molecule has 9 heavy (non-hydrogen) atoms. The van der Waals surface area contributed by atoms with Gasteiger partial charge in [-0.15, -0.1) is 0 Å². The van der Waals surface area contributed by atoms with E-state index < -0.39 is 0 Å². The van der Waals surface area contributed by atoms with Crippen LogP contribution in [0.5, 0.6) is 0 Å². The molecule has 0 rings (SSSR count). The van der Waals surface area contributed by atoms with Crippen LogP contribution in [0.4, 0.5) is 0 Å². The Morgan fingerprint density at radius 3 is 1.00 bits per heavy atom. The van der Waals surface area contributed by atoms with Gasteiger partial charge in [-0.05, 0) is 13.8 Å². The van der Waals surface area contributed by atoms with Crippen molar-refractivity contribution in [1.82, 2.24) is 0 Å². The van der Waals surface area contributed by atoms with Crippen LogP contribution in [-0.2, 0) is 43.4 Å². The molecular weight excluding hydrogens is 196 g/mol. The molecule has 4 nitrogen and oxygen atoms in total. The summed E-state index contributed by atoms with van der Waals surface area (Å²) in [4.78, 5) is 0. The van der Waals surface area contributed by atoms with Crippen molar-refractivity contribution in [2.24, 2.45) is 0 Å². The van der Waals surface area contributed by atoms with E-state index in [-0.39, 0.29) is 66.0 Å². The fraction of sp³-hybridized carbons (Fsp3) is 1.00. The Morgan fingerprint density at radius 1 is 1.00 bits per heavy atom. The van der Waals surface area contributed by atoms with Gasteiger partial charge in [-0.1, -0.05) is 0 Å². The first-order chi connectivity index (χ1) is 1.73. The van der Waals surface area contributed by atoms with Crippen LogP contribution in [-0.4, -0.2) is 27.6 Å². The average molecular weight is 207 g/mol. The summed E-state index contributed by atoms with van der Waals surface area (Å²) in [5.41, 5.74) is 0. The summed E-state index contributed by atoms with van der Waals surface area (Å²) in [6.45, 7) is 3.44. The molecule has 0 aliphatic heterocycles. The molecule has 0 aromatic rings. The largest absolute Gasteiger partial charge is 2.00 e. The molecule has 0 aromatic carbocycles. The van der Waals surface area contributed by atoms with E-state index >= 15 is 0 Å². The molecule has 0 unspecified atom stereocenters. The molecule has 0 fully saturated rings. The first-order valence-electron chi connectivity index (χ1n) is 1.41. The number of rotatable bonds is 0. The molecule has 0 atom stereocenters. The molecule has 0 amide bonds. The number of aliphatic hydroxyl groups excluding tert-OH is 1. The van der Waals surface area contributed by atoms with Crippen molar-refractivity contribution < 1.29 is 65.0 Å². The van der Waals surface area contributed by atoms with Crippen LogP contribution >= 0.6 is 0 Å². The molecule has 0 aromatic heterocycles. The van der Waals surface area contributed by atoms with Crippen molar-refractivity contribution in [2.45, 2.75) is 20.0 Å². The third kappa shape index (κ3) is 304. The second-order valence-electron chi connectivity index (χ2n) is 1.09. The molecule has 0 aliphatic rings. The molecule has 4 N–H and O–H groups in total. The van der Waals surface area contributed by atoms with E-state index in [1.807, 2.05) is 0 Å². The van der Waals surface area contributed by atoms with E-state index in [0.29, 0.717) is 0 Å². The van der Waals surface area contributed by atoms with Crippen LogP contribution in [0.1, 0.15) is 13.8 Å². The third-order valence-electron chi connectivity index (χ3n) is 0. The van der Waals surface area contributed by atoms with Crippen LogP contribution in [0, 0.1) is 0 Å². The number of hydrogen-bond acceptors (Lipinski definition) is 4. The van der Waals surface area contributed by atoms with Crippen molar-refractivity contribution in [3.63, 3.8) is 0 Å². The van der Waals surface area contributed by atoms with Crippen LogP contribution in [0.2, 0.25) is 0 Å². The van der Waals surface area contributed by atoms with Crippen molar-refractivity contribution in [2.75, 3.05) is 0 Å². The first kappa shape index (κ1) is 48.4. The summed E-state index contributed by atoms with van der Waals surface area (Å²) in [7, 11) is 0. The summed E-state index contributed by atoms with van der Waals surface area (Å²) >= 11 is 0. The number of aliphatic hydroxyl groups is 1. The topological polar surface area (TPSA) is 110 Å². The molecule has 0 bridgehead atoms. The Kier molecular flexibility index (Phi) is 187. The zero-order valence-corrected chi connectivity index (χ0v) is 8.49. The van der Waals surface area contributed by atoms with E-state index in [0.717, 1.165) is 0 Å². The molecular formula is C3H11O4Ti2-. The van der Waals surface area contributed by atoms with E-state index in [1.54, 1.807) is 13.8 Å². The molecule has 56 valence electrons. The quantitative estimate of drug-likeness (QED) is 0.556. The normalized spacial score (nSPS) is 4.00. The van der Waals surface area contributed by atoms with Gasteiger partial charge in [-0.25, -0.2) is 0 Å². The predicted molar refractivity (Wildman–Crippen MR) is 23.2 cm³/mol. The molecule has 0 saturated heterocycles. The summed E-state index contributed by atoms with van der Waals surface area (Å²) in [5.74, 6) is 0. The van der Waals surface area contributed by atoms with E-state index in [1.165, 1.54) is 0 Å². The van der Waals surface area contributed by atoms with Gasteiger partial charge in [0.1, 0.15) is 0 Å². The minimum Gasteiger partial charge on any atom is -0.870 e. The molecule has 0 spiro atoms. The van der Waals surface area contributed by atoms with Gasteiger partial charge in [0.2, 0.25) is 0 Å². The van der Waals surface area contributed by atoms with Crippen LogP contribution < -0.4 is 0 Å². The SMILES string of the molecule is CC(C)O.[OH-].[OH-].[OH-].[Ti+2].[Ti]. The van der Waals surface area contributed by atoms with Gasteiger partial charge in [0.05, 0.1) is 0 Å². The molecule has 0 saturated carbocycles. The fourth-order valence-electron chi connectivity index (χ4n) is 0. The van der Waals surface area contributed by atoms with Crippen molar-refractivity contribution in [3.05, 3.63) is 0 Å². The second-order valence-corrected chi connectivity index (χ2v) is 1.09. The third-order valence-corrected chi connectivity index (χ3v) is 0. The standard InChI is InChI=1S/C3H8O.3H2O.2Ti/c1-3(2)4;;;;;/h3-4H,1-2H3;3*1H2;;/q;;;;;+2/p-3. The van der Waals surface area contributed by atoms with Gasteiger partial charge >= 0.3 is 21.7 Å². The maximum atomic E-state index is 8.06. The Bertz CT molecular complexity index is 18.5. The van der Waals surface area contributed by atoms with Gasteiger partial charge in [0.15, 0.2) is 0 Å². The second kappa shape index (κ2) is 34.8. The summed E-state index contributed by atoms with van der Waals surface area (Å²) < 4.78 is 0. The molecule has 0 radical (unpaired) electrons. The number of hydrogen-bond donors (Lipinski definition) is 1. The zero-order valence-electron chi connectivity index (χ0n) is 5.37. The Labute approximate surface area is 84.7 Å². The van der Waals surface area contributed by atoms with E-state index in [9.17, 15) is 0 Å². The molecule has 0 heterocycles. The summed E-state index contributed by atoms with van der Waals surface area (Å²) in [5, 5.41) is 8.06. The van der Waals surface area contributed by atoms with Gasteiger partial charge in [-0.2, -0.15) is 0 Å². The van der Waals surface area contributed by atoms with Crippen LogP contribution in [0.3, 0.4) is 0 Å². The smallest absolute Gasteiger partial charge is 0.870 e. The Hall–Kier alpha value is 1.27. The van der Waals surface area contributed by atoms with Crippen molar-refractivity contribution in [3.8, 4) is 0 Å². The van der Waals surface area contributed by atoms with Crippen LogP contribution in [0.25, 0.3) is 0 Å². The first-order valence-corrected chi connectivity index (χ1v) is 1.41. The Morgan fingerprint density at radius 2 is 1.00 bits per heavy atom. The maximum Gasteiger partial charge on any atom is 2.00 e. The fourth-order valence-corrected chi connectivity index (χ4v) is 0. The predicted octanol–water partition coefficient (Wildman–Crippen LogP) is -0.148. The summed E-state index contributed by atoms with van der Waals surface area (Å²) in [6, 6.07) is 0. The van der Waals surface area contributed by atoms with Gasteiger partial charge in [0.25, 0.3) is 0 Å². The Balaban J connectivity index is -0.00000000450. The minimum atomic E-state index is -0.167. The average Bonchev–Trinajstić information content (AvgIpc) is 0.811. The monoisotopic (exact) mass is 207 g/mol. The zero-order chi connectivity index (χ0) is 3.58. The van der Waals surface area contributed by atoms with Crippen molar-refractivity contribution in [1.29, 1.82) is 0 Å². The maximum absolute atomic E-state index is 8.06. The van der Waals surface area contributed by atoms with Gasteiger partial charge in [-0.3, -0.25) is 0 Å². The molecule has 0 aliphatic carbocycles. The summed E-state index contributed by atoms with van der Waals surface area (Å²) in [6.07, 6.45) is -0.167. The van der Waals surface area contributed by atoms with E-state index in [2.05, 4.69) is 0 Å². The minimum absolute atomic E-state index is 0.